The van der Waals surface area contributed by atoms with Crippen LogP contribution in [-0.4, -0.2) is 45.9 Å². The molecule has 1 aliphatic rings. The second-order valence-corrected chi connectivity index (χ2v) is 5.88. The number of nitrogens with one attached hydrogen (secondary N) is 2. The van der Waals surface area contributed by atoms with Gasteiger partial charge in [0.05, 0.1) is 0 Å². The smallest absolute Gasteiger partial charge is 0.254 e. The van der Waals surface area contributed by atoms with Crippen molar-refractivity contribution in [2.45, 2.75) is 13.0 Å². The van der Waals surface area contributed by atoms with Gasteiger partial charge in [-0.25, -0.2) is 4.98 Å². The molecule has 1 saturated heterocycles. The topological polar surface area (TPSA) is 79.3 Å². The second kappa shape index (κ2) is 6.84. The van der Waals surface area contributed by atoms with Crippen LogP contribution in [0.2, 0.25) is 0 Å². The first-order chi connectivity index (χ1) is 11.6. The van der Waals surface area contributed by atoms with E-state index in [1.54, 1.807) is 30.5 Å². The zero-order valence-electron chi connectivity index (χ0n) is 13.8. The Morgan fingerprint density at radius 1 is 1.38 bits per heavy atom. The van der Waals surface area contributed by atoms with Gasteiger partial charge in [0.15, 0.2) is 0 Å². The van der Waals surface area contributed by atoms with E-state index in [1.165, 1.54) is 6.92 Å². The van der Waals surface area contributed by atoms with E-state index < -0.39 is 0 Å². The van der Waals surface area contributed by atoms with Crippen molar-refractivity contribution in [1.82, 2.24) is 19.8 Å². The van der Waals surface area contributed by atoms with Crippen molar-refractivity contribution >= 4 is 17.5 Å². The third-order valence-electron chi connectivity index (χ3n) is 4.09. The Morgan fingerprint density at radius 2 is 2.21 bits per heavy atom. The van der Waals surface area contributed by atoms with Crippen LogP contribution in [0.25, 0.3) is 0 Å². The first-order valence-electron chi connectivity index (χ1n) is 7.93. The van der Waals surface area contributed by atoms with E-state index in [1.807, 2.05) is 22.7 Å². The van der Waals surface area contributed by atoms with Gasteiger partial charge in [0, 0.05) is 57.3 Å². The molecule has 3 rings (SSSR count). The number of amides is 2. The lowest BCUT2D eigenvalue weighted by atomic mass is 10.1. The fraction of sp³-hybridized carbons (Fsp3) is 0.353. The van der Waals surface area contributed by atoms with Gasteiger partial charge in [-0.15, -0.1) is 0 Å². The Bertz CT molecular complexity index is 755. The molecule has 0 radical (unpaired) electrons. The number of hydrogen-bond acceptors (Lipinski definition) is 4. The summed E-state index contributed by atoms with van der Waals surface area (Å²) in [6, 6.07) is 6.91. The largest absolute Gasteiger partial charge is 0.336 e. The van der Waals surface area contributed by atoms with Gasteiger partial charge >= 0.3 is 0 Å². The summed E-state index contributed by atoms with van der Waals surface area (Å²) in [6.07, 6.45) is 3.62. The summed E-state index contributed by atoms with van der Waals surface area (Å²) >= 11 is 0. The van der Waals surface area contributed by atoms with Crippen molar-refractivity contribution < 1.29 is 9.59 Å². The first kappa shape index (κ1) is 16.2. The van der Waals surface area contributed by atoms with E-state index in [2.05, 4.69) is 15.6 Å². The molecule has 7 heteroatoms. The van der Waals surface area contributed by atoms with Gasteiger partial charge in [-0.1, -0.05) is 6.07 Å². The molecule has 2 heterocycles. The van der Waals surface area contributed by atoms with Gasteiger partial charge in [0.25, 0.3) is 5.91 Å². The maximum absolute atomic E-state index is 13.0. The van der Waals surface area contributed by atoms with Gasteiger partial charge in [-0.2, -0.15) is 0 Å². The molecule has 1 fully saturated rings. The number of rotatable bonds is 3. The number of imidazole rings is 1. The van der Waals surface area contributed by atoms with Gasteiger partial charge < -0.3 is 20.1 Å². The molecule has 1 aromatic carbocycles. The van der Waals surface area contributed by atoms with Crippen molar-refractivity contribution in [1.29, 1.82) is 0 Å². The van der Waals surface area contributed by atoms with E-state index in [-0.39, 0.29) is 17.9 Å². The molecular formula is C17H21N5O2. The minimum atomic E-state index is -0.160. The summed E-state index contributed by atoms with van der Waals surface area (Å²) in [5.41, 5.74) is 1.18. The van der Waals surface area contributed by atoms with Crippen LogP contribution in [0, 0.1) is 0 Å². The fourth-order valence-electron chi connectivity index (χ4n) is 2.98. The summed E-state index contributed by atoms with van der Waals surface area (Å²) in [7, 11) is 1.93. The molecule has 1 atom stereocenters. The quantitative estimate of drug-likeness (QED) is 0.887. The highest BCUT2D eigenvalue weighted by atomic mass is 16.2. The molecule has 0 aliphatic carbocycles. The molecule has 1 unspecified atom stereocenters. The van der Waals surface area contributed by atoms with Crippen molar-refractivity contribution in [2.24, 2.45) is 7.05 Å². The molecule has 0 saturated carbocycles. The van der Waals surface area contributed by atoms with E-state index >= 15 is 0 Å². The summed E-state index contributed by atoms with van der Waals surface area (Å²) in [4.78, 5) is 30.5. The third-order valence-corrected chi connectivity index (χ3v) is 4.09. The van der Waals surface area contributed by atoms with Crippen molar-refractivity contribution in [3.05, 3.63) is 48.0 Å². The number of benzene rings is 1. The number of anilines is 1. The highest BCUT2D eigenvalue weighted by Crippen LogP contribution is 2.23. The van der Waals surface area contributed by atoms with Crippen LogP contribution in [0.1, 0.15) is 29.1 Å². The number of hydrogen-bond donors (Lipinski definition) is 2. The van der Waals surface area contributed by atoms with E-state index in [9.17, 15) is 9.59 Å². The summed E-state index contributed by atoms with van der Waals surface area (Å²) in [5.74, 6) is 0.637. The Hall–Kier alpha value is -2.67. The molecule has 0 spiro atoms. The number of carbonyl (C=O) groups excluding carboxylic acids is 2. The van der Waals surface area contributed by atoms with Crippen molar-refractivity contribution in [2.75, 3.05) is 25.0 Å². The number of aryl methyl sites for hydroxylation is 1. The lowest BCUT2D eigenvalue weighted by Gasteiger charge is -2.35. The molecule has 7 nitrogen and oxygen atoms in total. The number of aromatic nitrogens is 2. The average Bonchev–Trinajstić information content (AvgIpc) is 3.00. The highest BCUT2D eigenvalue weighted by Gasteiger charge is 2.31. The molecule has 2 N–H and O–H groups in total. The first-order valence-corrected chi connectivity index (χ1v) is 7.93. The maximum atomic E-state index is 13.0. The molecule has 1 aromatic heterocycles. The lowest BCUT2D eigenvalue weighted by Crippen LogP contribution is -2.49. The average molecular weight is 327 g/mol. The van der Waals surface area contributed by atoms with E-state index in [0.29, 0.717) is 24.3 Å². The monoisotopic (exact) mass is 327 g/mol. The van der Waals surface area contributed by atoms with Crippen LogP contribution < -0.4 is 10.6 Å². The van der Waals surface area contributed by atoms with Crippen LogP contribution in [0.15, 0.2) is 36.7 Å². The summed E-state index contributed by atoms with van der Waals surface area (Å²) in [5, 5.41) is 6.03. The van der Waals surface area contributed by atoms with Crippen LogP contribution in [0.4, 0.5) is 5.69 Å². The van der Waals surface area contributed by atoms with Crippen molar-refractivity contribution in [3.63, 3.8) is 0 Å². The normalized spacial score (nSPS) is 17.6. The standard InChI is InChI=1S/C17H21N5O2/c1-12(23)20-14-5-3-4-13(10-14)17(24)22-9-6-18-11-15(22)16-19-7-8-21(16)2/h3-5,7-8,10,15,18H,6,9,11H2,1-2H3,(H,20,23). The van der Waals surface area contributed by atoms with Gasteiger partial charge in [0.2, 0.25) is 5.91 Å². The Balaban J connectivity index is 1.87. The fourth-order valence-corrected chi connectivity index (χ4v) is 2.98. The number of nitrogens with zero attached hydrogens (tertiary/aromatic N) is 3. The van der Waals surface area contributed by atoms with E-state index in [0.717, 1.165) is 12.4 Å². The highest BCUT2D eigenvalue weighted by molar-refractivity contribution is 5.97. The van der Waals surface area contributed by atoms with E-state index in [4.69, 9.17) is 0 Å². The minimum Gasteiger partial charge on any atom is -0.336 e. The molecule has 2 aromatic rings. The Morgan fingerprint density at radius 3 is 2.92 bits per heavy atom. The Kier molecular flexibility index (Phi) is 4.61. The molecule has 2 amide bonds. The predicted octanol–water partition coefficient (Wildman–Crippen LogP) is 1.17. The summed E-state index contributed by atoms with van der Waals surface area (Å²) in [6.45, 7) is 3.47. The van der Waals surface area contributed by atoms with Gasteiger partial charge in [-0.3, -0.25) is 9.59 Å². The number of carbonyl (C=O) groups is 2. The summed E-state index contributed by atoms with van der Waals surface area (Å²) < 4.78 is 1.94. The van der Waals surface area contributed by atoms with Crippen LogP contribution in [-0.2, 0) is 11.8 Å². The maximum Gasteiger partial charge on any atom is 0.254 e. The molecule has 126 valence electrons. The minimum absolute atomic E-state index is 0.0586. The molecule has 1 aliphatic heterocycles. The SMILES string of the molecule is CC(=O)Nc1cccc(C(=O)N2CCNCC2c2nccn2C)c1. The Labute approximate surface area is 140 Å². The van der Waals surface area contributed by atoms with Crippen molar-refractivity contribution in [3.8, 4) is 0 Å². The van der Waals surface area contributed by atoms with Gasteiger partial charge in [-0.05, 0) is 18.2 Å². The van der Waals surface area contributed by atoms with Crippen LogP contribution >= 0.6 is 0 Å². The van der Waals surface area contributed by atoms with Crippen LogP contribution in [0.3, 0.4) is 0 Å². The van der Waals surface area contributed by atoms with Gasteiger partial charge in [0.1, 0.15) is 11.9 Å². The zero-order valence-corrected chi connectivity index (χ0v) is 13.8. The van der Waals surface area contributed by atoms with Crippen LogP contribution in [0.5, 0.6) is 0 Å². The lowest BCUT2D eigenvalue weighted by molar-refractivity contribution is -0.114. The third kappa shape index (κ3) is 3.30. The molecule has 0 bridgehead atoms. The second-order valence-electron chi connectivity index (χ2n) is 5.88. The number of piperazine rings is 1. The molecule has 24 heavy (non-hydrogen) atoms. The predicted molar refractivity (Wildman–Crippen MR) is 90.6 cm³/mol. The molecular weight excluding hydrogens is 306 g/mol. The zero-order chi connectivity index (χ0) is 17.1.